The number of carbonyl (C=O) groups is 3. The first-order valence-electron chi connectivity index (χ1n) is 10.2. The number of carboxylic acids is 1. The van der Waals surface area contributed by atoms with E-state index >= 15 is 0 Å². The van der Waals surface area contributed by atoms with Gasteiger partial charge >= 0.3 is 12.1 Å². The van der Waals surface area contributed by atoms with Crippen LogP contribution in [0.3, 0.4) is 0 Å². The number of benzene rings is 2. The van der Waals surface area contributed by atoms with E-state index in [2.05, 4.69) is 34.9 Å². The summed E-state index contributed by atoms with van der Waals surface area (Å²) in [4.78, 5) is 34.4. The zero-order valence-electron chi connectivity index (χ0n) is 17.3. The van der Waals surface area contributed by atoms with Crippen LogP contribution < -0.4 is 10.6 Å². The lowest BCUT2D eigenvalue weighted by Crippen LogP contribution is -2.28. The van der Waals surface area contributed by atoms with Gasteiger partial charge in [-0.3, -0.25) is 9.59 Å². The third-order valence-corrected chi connectivity index (χ3v) is 5.12. The van der Waals surface area contributed by atoms with Gasteiger partial charge in [0.1, 0.15) is 6.61 Å². The van der Waals surface area contributed by atoms with Crippen LogP contribution in [-0.4, -0.2) is 42.8 Å². The van der Waals surface area contributed by atoms with Crippen LogP contribution in [-0.2, 0) is 14.3 Å². The number of carbonyl (C=O) groups excluding carboxylic acids is 2. The maximum atomic E-state index is 12.1. The number of nitrogens with one attached hydrogen (secondary N) is 2. The first kappa shape index (κ1) is 22.1. The molecule has 2 aromatic rings. The molecule has 1 unspecified atom stereocenters. The Morgan fingerprint density at radius 3 is 2.26 bits per heavy atom. The molecule has 7 nitrogen and oxygen atoms in total. The van der Waals surface area contributed by atoms with E-state index in [4.69, 9.17) is 9.84 Å². The molecule has 0 heterocycles. The first-order valence-corrected chi connectivity index (χ1v) is 10.2. The highest BCUT2D eigenvalue weighted by molar-refractivity contribution is 5.87. The summed E-state index contributed by atoms with van der Waals surface area (Å²) in [6, 6.07) is 16.2. The number of alkyl carbamates (subject to hydrolysis) is 1. The number of rotatable bonds is 9. The Morgan fingerprint density at radius 1 is 1.03 bits per heavy atom. The average Bonchev–Trinajstić information content (AvgIpc) is 3.07. The molecule has 7 heteroatoms. The summed E-state index contributed by atoms with van der Waals surface area (Å²) in [7, 11) is 0. The summed E-state index contributed by atoms with van der Waals surface area (Å²) in [5.41, 5.74) is 4.62. The summed E-state index contributed by atoms with van der Waals surface area (Å²) in [5, 5.41) is 13.9. The number of aliphatic carboxylic acids is 1. The van der Waals surface area contributed by atoms with Crippen molar-refractivity contribution >= 4 is 18.0 Å². The average molecular weight is 422 g/mol. The van der Waals surface area contributed by atoms with Crippen molar-refractivity contribution in [3.05, 3.63) is 71.8 Å². The van der Waals surface area contributed by atoms with Crippen molar-refractivity contribution in [2.75, 3.05) is 19.7 Å². The van der Waals surface area contributed by atoms with E-state index in [1.54, 1.807) is 6.92 Å². The summed E-state index contributed by atoms with van der Waals surface area (Å²) >= 11 is 0. The maximum Gasteiger partial charge on any atom is 0.407 e. The fraction of sp³-hybridized carbons (Fsp3) is 0.292. The monoisotopic (exact) mass is 422 g/mol. The second-order valence-corrected chi connectivity index (χ2v) is 7.56. The van der Waals surface area contributed by atoms with Crippen LogP contribution in [0.15, 0.2) is 60.7 Å². The smallest absolute Gasteiger partial charge is 0.407 e. The molecule has 3 rings (SSSR count). The Morgan fingerprint density at radius 2 is 1.65 bits per heavy atom. The van der Waals surface area contributed by atoms with Gasteiger partial charge in [0.15, 0.2) is 0 Å². The van der Waals surface area contributed by atoms with Gasteiger partial charge in [-0.15, -0.1) is 0 Å². The molecule has 0 saturated heterocycles. The normalized spacial score (nSPS) is 13.3. The van der Waals surface area contributed by atoms with Gasteiger partial charge in [-0.05, 0) is 28.2 Å². The van der Waals surface area contributed by atoms with Gasteiger partial charge in [0.05, 0.1) is 0 Å². The fourth-order valence-corrected chi connectivity index (χ4v) is 3.66. The van der Waals surface area contributed by atoms with Crippen LogP contribution in [0.25, 0.3) is 11.1 Å². The van der Waals surface area contributed by atoms with E-state index in [0.29, 0.717) is 0 Å². The van der Waals surface area contributed by atoms with Crippen molar-refractivity contribution in [2.45, 2.75) is 19.3 Å². The van der Waals surface area contributed by atoms with Crippen molar-refractivity contribution in [3.8, 4) is 11.1 Å². The fourth-order valence-electron chi connectivity index (χ4n) is 3.66. The number of carboxylic acid groups (broad SMARTS) is 1. The molecule has 0 fully saturated rings. The quantitative estimate of drug-likeness (QED) is 0.538. The van der Waals surface area contributed by atoms with Crippen LogP contribution in [0, 0.1) is 5.92 Å². The molecular weight excluding hydrogens is 396 g/mol. The van der Waals surface area contributed by atoms with Gasteiger partial charge in [-0.25, -0.2) is 4.79 Å². The summed E-state index contributed by atoms with van der Waals surface area (Å²) in [6.45, 7) is 2.40. The molecule has 162 valence electrons. The van der Waals surface area contributed by atoms with E-state index in [0.717, 1.165) is 11.1 Å². The minimum atomic E-state index is -0.899. The molecule has 0 aromatic heterocycles. The highest BCUT2D eigenvalue weighted by Crippen LogP contribution is 2.44. The molecule has 0 saturated carbocycles. The molecule has 1 aliphatic rings. The second-order valence-electron chi connectivity index (χ2n) is 7.56. The van der Waals surface area contributed by atoms with Crippen molar-refractivity contribution in [3.63, 3.8) is 0 Å². The summed E-state index contributed by atoms with van der Waals surface area (Å²) < 4.78 is 5.42. The minimum absolute atomic E-state index is 0.00661. The lowest BCUT2D eigenvalue weighted by atomic mass is 9.98. The first-order chi connectivity index (χ1) is 15.0. The predicted molar refractivity (Wildman–Crippen MR) is 117 cm³/mol. The van der Waals surface area contributed by atoms with E-state index < -0.39 is 12.1 Å². The Balaban J connectivity index is 1.42. The predicted octanol–water partition coefficient (Wildman–Crippen LogP) is 3.31. The van der Waals surface area contributed by atoms with Gasteiger partial charge in [-0.1, -0.05) is 61.5 Å². The van der Waals surface area contributed by atoms with Gasteiger partial charge in [-0.2, -0.15) is 0 Å². The number of ether oxygens (including phenoxy) is 1. The molecule has 0 spiro atoms. The minimum Gasteiger partial charge on any atom is -0.481 e. The molecule has 1 atom stereocenters. The van der Waals surface area contributed by atoms with Gasteiger partial charge in [0.2, 0.25) is 5.91 Å². The van der Waals surface area contributed by atoms with E-state index in [1.165, 1.54) is 23.3 Å². The van der Waals surface area contributed by atoms with Crippen LogP contribution in [0.1, 0.15) is 30.4 Å². The number of fused-ring (bicyclic) bond motifs is 3. The van der Waals surface area contributed by atoms with E-state index in [9.17, 15) is 14.4 Å². The standard InChI is InChI=1S/C24H26N2O5/c1-16(13-23(28)29)14-26-22(27)11-6-12-25-24(30)31-15-21-19-9-4-2-7-17(19)18-8-3-5-10-20(18)21/h2-11,16,21H,12-15H2,1H3,(H,25,30)(H,26,27)(H,28,29)/b11-6+. The van der Waals surface area contributed by atoms with Crippen LogP contribution in [0.4, 0.5) is 4.79 Å². The van der Waals surface area contributed by atoms with Crippen LogP contribution in [0.5, 0.6) is 0 Å². The van der Waals surface area contributed by atoms with Gasteiger partial charge < -0.3 is 20.5 Å². The largest absolute Gasteiger partial charge is 0.481 e. The SMILES string of the molecule is CC(CNC(=O)/C=C/CNC(=O)OCC1c2ccccc2-c2ccccc21)CC(=O)O. The highest BCUT2D eigenvalue weighted by Gasteiger charge is 2.28. The lowest BCUT2D eigenvalue weighted by molar-refractivity contribution is -0.138. The van der Waals surface area contributed by atoms with Crippen molar-refractivity contribution in [1.29, 1.82) is 0 Å². The molecule has 31 heavy (non-hydrogen) atoms. The van der Waals surface area contributed by atoms with Crippen LogP contribution >= 0.6 is 0 Å². The van der Waals surface area contributed by atoms with Crippen molar-refractivity contribution < 1.29 is 24.2 Å². The molecule has 2 aromatic carbocycles. The molecular formula is C24H26N2O5. The summed E-state index contributed by atoms with van der Waals surface area (Å²) in [5.74, 6) is -1.41. The van der Waals surface area contributed by atoms with Gasteiger partial charge in [0, 0.05) is 31.5 Å². The third kappa shape index (κ3) is 5.94. The Bertz CT molecular complexity index is 940. The van der Waals surface area contributed by atoms with Crippen molar-refractivity contribution in [2.24, 2.45) is 5.92 Å². The van der Waals surface area contributed by atoms with Crippen molar-refractivity contribution in [1.82, 2.24) is 10.6 Å². The number of hydrogen-bond acceptors (Lipinski definition) is 4. The Hall–Kier alpha value is -3.61. The molecule has 0 radical (unpaired) electrons. The van der Waals surface area contributed by atoms with Gasteiger partial charge in [0.25, 0.3) is 0 Å². The third-order valence-electron chi connectivity index (χ3n) is 5.12. The molecule has 3 N–H and O–H groups in total. The Kier molecular flexibility index (Phi) is 7.43. The molecule has 0 bridgehead atoms. The zero-order chi connectivity index (χ0) is 22.2. The highest BCUT2D eigenvalue weighted by atomic mass is 16.5. The molecule has 1 aliphatic carbocycles. The number of hydrogen-bond donors (Lipinski definition) is 3. The van der Waals surface area contributed by atoms with E-state index in [1.807, 2.05) is 24.3 Å². The number of amides is 2. The molecule has 0 aliphatic heterocycles. The zero-order valence-corrected chi connectivity index (χ0v) is 17.3. The van der Waals surface area contributed by atoms with Crippen LogP contribution in [0.2, 0.25) is 0 Å². The molecule has 2 amide bonds. The lowest BCUT2D eigenvalue weighted by Gasteiger charge is -2.14. The Labute approximate surface area is 181 Å². The maximum absolute atomic E-state index is 12.1. The topological polar surface area (TPSA) is 105 Å². The second kappa shape index (κ2) is 10.4. The van der Waals surface area contributed by atoms with E-state index in [-0.39, 0.29) is 43.9 Å². The summed E-state index contributed by atoms with van der Waals surface area (Å²) in [6.07, 6.45) is 2.26.